The molecule has 61 valence electrons. The van der Waals surface area contributed by atoms with Crippen molar-refractivity contribution < 1.29 is 20.4 Å². The maximum absolute atomic E-state index is 6.71. The number of rotatable bonds is 3. The summed E-state index contributed by atoms with van der Waals surface area (Å²) < 4.78 is 0. The predicted molar refractivity (Wildman–Crippen MR) is 39.7 cm³/mol. The van der Waals surface area contributed by atoms with Crippen molar-refractivity contribution in [2.45, 2.75) is 25.9 Å². The van der Waals surface area contributed by atoms with Crippen molar-refractivity contribution in [2.75, 3.05) is 0 Å². The molecule has 0 aromatic rings. The first-order chi connectivity index (χ1) is 4.16. The van der Waals surface area contributed by atoms with Gasteiger partial charge in [-0.1, -0.05) is 12.2 Å². The molecule has 0 saturated carbocycles. The minimum Gasteiger partial charge on any atom is -0.612 e. The summed E-state index contributed by atoms with van der Waals surface area (Å²) in [7, 11) is 0. The van der Waals surface area contributed by atoms with Crippen LogP contribution in [0.25, 0.3) is 5.84 Å². The minimum absolute atomic E-state index is 0. The van der Waals surface area contributed by atoms with Crippen LogP contribution in [0.3, 0.4) is 0 Å². The summed E-state index contributed by atoms with van der Waals surface area (Å²) in [5, 5.41) is 0. The van der Waals surface area contributed by atoms with Gasteiger partial charge in [0.05, 0.1) is 0 Å². The fourth-order valence-electron chi connectivity index (χ4n) is 0.390. The topological polar surface area (TPSA) is 61.8 Å². The van der Waals surface area contributed by atoms with E-state index in [9.17, 15) is 0 Å². The monoisotopic (exact) mass is 315 g/mol. The zero-order valence-corrected chi connectivity index (χ0v) is 8.98. The summed E-state index contributed by atoms with van der Waals surface area (Å²) in [6.07, 6.45) is 3.74. The smallest absolute Gasteiger partial charge is 0.0195 e. The molecule has 0 aliphatic carbocycles. The van der Waals surface area contributed by atoms with Crippen molar-refractivity contribution in [1.82, 2.24) is 5.43 Å². The Bertz CT molecular complexity index is 93.0. The molecule has 0 bridgehead atoms. The van der Waals surface area contributed by atoms with E-state index < -0.39 is 0 Å². The van der Waals surface area contributed by atoms with E-state index in [1.54, 1.807) is 0 Å². The largest absolute Gasteiger partial charge is 0.612 e. The molecule has 0 saturated heterocycles. The molecule has 3 nitrogen and oxygen atoms in total. The summed E-state index contributed by atoms with van der Waals surface area (Å²) in [5.41, 5.74) is 7.75. The van der Waals surface area contributed by atoms with E-state index in [0.29, 0.717) is 0 Å². The Balaban J connectivity index is 0. The first-order valence-electron chi connectivity index (χ1n) is 3.03. The average Bonchev–Trinajstić information content (AvgIpc) is 1.83. The molecule has 0 aromatic carbocycles. The van der Waals surface area contributed by atoms with Crippen LogP contribution in [0.2, 0.25) is 0 Å². The summed E-state index contributed by atoms with van der Waals surface area (Å²) in [6.45, 7) is 3.79. The third-order valence-corrected chi connectivity index (χ3v) is 0.931. The molecule has 10 heavy (non-hydrogen) atoms. The summed E-state index contributed by atoms with van der Waals surface area (Å²) in [5.74, 6) is 6.71. The van der Waals surface area contributed by atoms with Gasteiger partial charge in [-0.05, 0) is 13.8 Å². The Morgan fingerprint density at radius 1 is 1.40 bits per heavy atom. The SMILES string of the molecule is CC(N)/C=C\C(C)N[NH-].[Re]. The molecule has 0 amide bonds. The van der Waals surface area contributed by atoms with E-state index in [2.05, 4.69) is 5.43 Å². The first-order valence-corrected chi connectivity index (χ1v) is 3.03. The van der Waals surface area contributed by atoms with E-state index in [4.69, 9.17) is 11.6 Å². The quantitative estimate of drug-likeness (QED) is 0.599. The molecule has 0 heterocycles. The third-order valence-electron chi connectivity index (χ3n) is 0.931. The van der Waals surface area contributed by atoms with Crippen LogP contribution in [0, 0.1) is 0 Å². The molecular weight excluding hydrogens is 300 g/mol. The molecule has 0 fully saturated rings. The normalized spacial score (nSPS) is 16.4. The Morgan fingerprint density at radius 2 is 1.90 bits per heavy atom. The number of hydrogen-bond acceptors (Lipinski definition) is 2. The van der Waals surface area contributed by atoms with Gasteiger partial charge in [0.2, 0.25) is 0 Å². The van der Waals surface area contributed by atoms with Gasteiger partial charge in [0.15, 0.2) is 0 Å². The van der Waals surface area contributed by atoms with Crippen molar-refractivity contribution in [1.29, 1.82) is 0 Å². The fourth-order valence-corrected chi connectivity index (χ4v) is 0.390. The van der Waals surface area contributed by atoms with Gasteiger partial charge in [-0.2, -0.15) is 0 Å². The molecule has 0 rings (SSSR count). The summed E-state index contributed by atoms with van der Waals surface area (Å²) in [6, 6.07) is 0.178. The van der Waals surface area contributed by atoms with E-state index in [0.717, 1.165) is 0 Å². The van der Waals surface area contributed by atoms with Crippen LogP contribution >= 0.6 is 0 Å². The first kappa shape index (κ1) is 12.9. The summed E-state index contributed by atoms with van der Waals surface area (Å²) in [4.78, 5) is 0. The van der Waals surface area contributed by atoms with Crippen LogP contribution in [0.15, 0.2) is 12.2 Å². The van der Waals surface area contributed by atoms with Crippen LogP contribution in [-0.2, 0) is 20.4 Å². The van der Waals surface area contributed by atoms with Crippen molar-refractivity contribution in [3.63, 3.8) is 0 Å². The van der Waals surface area contributed by atoms with Crippen LogP contribution in [0.4, 0.5) is 0 Å². The number of hydrogen-bond donors (Lipinski definition) is 2. The third kappa shape index (κ3) is 8.28. The zero-order chi connectivity index (χ0) is 7.28. The molecular formula is C6H14N3Re-. The van der Waals surface area contributed by atoms with Gasteiger partial charge in [-0.3, -0.25) is 0 Å². The van der Waals surface area contributed by atoms with Crippen molar-refractivity contribution in [2.24, 2.45) is 5.73 Å². The Morgan fingerprint density at radius 3 is 2.20 bits per heavy atom. The molecule has 0 spiro atoms. The van der Waals surface area contributed by atoms with Gasteiger partial charge in [-0.15, -0.1) is 0 Å². The predicted octanol–water partition coefficient (Wildman–Crippen LogP) is 0.833. The number of nitrogens with two attached hydrogens (primary N) is 1. The van der Waals surface area contributed by atoms with E-state index in [1.807, 2.05) is 26.0 Å². The summed E-state index contributed by atoms with van der Waals surface area (Å²) >= 11 is 0. The van der Waals surface area contributed by atoms with E-state index in [1.165, 1.54) is 0 Å². The molecule has 1 radical (unpaired) electrons. The minimum atomic E-state index is 0. The molecule has 4 heteroatoms. The molecule has 4 N–H and O–H groups in total. The van der Waals surface area contributed by atoms with Crippen LogP contribution in [0.5, 0.6) is 0 Å². The van der Waals surface area contributed by atoms with Gasteiger partial charge in [0.1, 0.15) is 0 Å². The standard InChI is InChI=1S/C6H14N3.Re/c1-5(7)3-4-6(2)9-8;/h3-6,8-9H,7H2,1-2H3;/q-1;/b4-3-;. The maximum Gasteiger partial charge on any atom is 0.0195 e. The Hall–Kier alpha value is 0.282. The Labute approximate surface area is 75.9 Å². The second-order valence-electron chi connectivity index (χ2n) is 2.18. The van der Waals surface area contributed by atoms with Crippen molar-refractivity contribution >= 4 is 0 Å². The van der Waals surface area contributed by atoms with Gasteiger partial charge in [-0.25, -0.2) is 0 Å². The van der Waals surface area contributed by atoms with Crippen molar-refractivity contribution in [3.05, 3.63) is 18.0 Å². The molecule has 0 aliphatic rings. The Kier molecular flexibility index (Phi) is 9.54. The van der Waals surface area contributed by atoms with Gasteiger partial charge < -0.3 is 17.0 Å². The molecule has 2 unspecified atom stereocenters. The van der Waals surface area contributed by atoms with Gasteiger partial charge in [0, 0.05) is 32.5 Å². The van der Waals surface area contributed by atoms with Gasteiger partial charge in [0.25, 0.3) is 0 Å². The van der Waals surface area contributed by atoms with Gasteiger partial charge >= 0.3 is 0 Å². The average molecular weight is 314 g/mol. The van der Waals surface area contributed by atoms with Crippen LogP contribution in [-0.4, -0.2) is 12.1 Å². The van der Waals surface area contributed by atoms with Crippen LogP contribution < -0.4 is 11.2 Å². The zero-order valence-electron chi connectivity index (χ0n) is 6.26. The maximum atomic E-state index is 6.71. The van der Waals surface area contributed by atoms with E-state index >= 15 is 0 Å². The fraction of sp³-hybridized carbons (Fsp3) is 0.667. The van der Waals surface area contributed by atoms with Crippen molar-refractivity contribution in [3.8, 4) is 0 Å². The number of nitrogens with one attached hydrogen (secondary N) is 2. The molecule has 0 aromatic heterocycles. The van der Waals surface area contributed by atoms with Crippen LogP contribution in [0.1, 0.15) is 13.8 Å². The van der Waals surface area contributed by atoms with E-state index in [-0.39, 0.29) is 32.5 Å². The molecule has 0 aliphatic heterocycles. The second-order valence-corrected chi connectivity index (χ2v) is 2.18. The second kappa shape index (κ2) is 7.39. The molecule has 2 atom stereocenters.